The Bertz CT molecular complexity index is 2480. The summed E-state index contributed by atoms with van der Waals surface area (Å²) in [5.74, 6) is 1.37. The van der Waals surface area contributed by atoms with Gasteiger partial charge in [-0.15, -0.1) is 0 Å². The van der Waals surface area contributed by atoms with Gasteiger partial charge in [0, 0.05) is 30.1 Å². The van der Waals surface area contributed by atoms with Crippen LogP contribution in [0.3, 0.4) is 0 Å². The zero-order valence-corrected chi connectivity index (χ0v) is 34.9. The predicted octanol–water partition coefficient (Wildman–Crippen LogP) is 6.82. The summed E-state index contributed by atoms with van der Waals surface area (Å²) in [6.45, 7) is 9.76. The van der Waals surface area contributed by atoms with Crippen molar-refractivity contribution in [3.8, 4) is 28.1 Å². The summed E-state index contributed by atoms with van der Waals surface area (Å²) in [5.41, 5.74) is 6.42. The number of alkyl carbamates (subject to hydrolysis) is 1. The minimum absolute atomic E-state index is 0.0602. The molecule has 2 saturated heterocycles. The molecule has 316 valence electrons. The topological polar surface area (TPSA) is 204 Å². The number of carbonyl (C=O) groups is 4. The van der Waals surface area contributed by atoms with Crippen LogP contribution >= 0.6 is 0 Å². The number of imidazole rings is 2. The molecule has 2 fully saturated rings. The number of benzene rings is 3. The van der Waals surface area contributed by atoms with E-state index in [1.165, 1.54) is 14.2 Å². The molecule has 16 nitrogen and oxygen atoms in total. The van der Waals surface area contributed by atoms with E-state index in [0.717, 1.165) is 74.8 Å². The summed E-state index contributed by atoms with van der Waals surface area (Å²) in [6.07, 6.45) is 2.25. The van der Waals surface area contributed by atoms with Gasteiger partial charge in [-0.2, -0.15) is 0 Å². The van der Waals surface area contributed by atoms with E-state index in [9.17, 15) is 24.3 Å². The van der Waals surface area contributed by atoms with E-state index in [-0.39, 0.29) is 41.9 Å². The van der Waals surface area contributed by atoms with Crippen LogP contribution in [0, 0.1) is 5.92 Å². The Morgan fingerprint density at radius 2 is 1.55 bits per heavy atom. The molecule has 0 radical (unpaired) electrons. The zero-order chi connectivity index (χ0) is 42.6. The van der Waals surface area contributed by atoms with Crippen LogP contribution in [0.4, 0.5) is 9.59 Å². The van der Waals surface area contributed by atoms with E-state index in [0.29, 0.717) is 24.7 Å². The molecule has 0 spiro atoms. The predicted molar refractivity (Wildman–Crippen MR) is 223 cm³/mol. The monoisotopic (exact) mass is 820 g/mol. The number of carbonyl (C=O) groups excluding carboxylic acids is 3. The molecule has 0 bridgehead atoms. The third-order valence-electron chi connectivity index (χ3n) is 12.5. The lowest BCUT2D eigenvalue weighted by atomic mass is 9.92. The van der Waals surface area contributed by atoms with Crippen LogP contribution in [0.2, 0.25) is 0 Å². The molecule has 3 aromatic carbocycles. The number of aromatic nitrogens is 4. The van der Waals surface area contributed by atoms with Crippen LogP contribution in [0.25, 0.3) is 44.2 Å². The van der Waals surface area contributed by atoms with Crippen molar-refractivity contribution < 1.29 is 38.5 Å². The van der Waals surface area contributed by atoms with Crippen LogP contribution in [0.1, 0.15) is 89.6 Å². The van der Waals surface area contributed by atoms with Gasteiger partial charge in [0.2, 0.25) is 11.8 Å². The van der Waals surface area contributed by atoms with Gasteiger partial charge in [-0.1, -0.05) is 32.0 Å². The van der Waals surface area contributed by atoms with Crippen molar-refractivity contribution in [2.75, 3.05) is 14.2 Å². The number of nitrogens with zero attached hydrogens (tertiary/aromatic N) is 4. The summed E-state index contributed by atoms with van der Waals surface area (Å²) >= 11 is 0. The Hall–Kier alpha value is -6.16. The maximum Gasteiger partial charge on any atom is 0.407 e. The molecule has 3 aliphatic rings. The van der Waals surface area contributed by atoms with E-state index in [1.807, 2.05) is 39.8 Å². The molecule has 4 amide bonds. The number of nitrogens with one attached hydrogen (secondary N) is 4. The number of hydrogen-bond donors (Lipinski definition) is 5. The number of likely N-dealkylation sites (tertiary alicyclic amines) is 2. The Morgan fingerprint density at radius 3 is 2.22 bits per heavy atom. The molecular weight excluding hydrogens is 769 g/mol. The van der Waals surface area contributed by atoms with Crippen LogP contribution in [-0.4, -0.2) is 103 Å². The second-order valence-electron chi connectivity index (χ2n) is 16.6. The minimum atomic E-state index is -1.22. The van der Waals surface area contributed by atoms with Gasteiger partial charge in [-0.05, 0) is 98.7 Å². The van der Waals surface area contributed by atoms with Crippen LogP contribution in [0.5, 0.6) is 5.75 Å². The largest absolute Gasteiger partial charge is 0.488 e. The van der Waals surface area contributed by atoms with Gasteiger partial charge in [0.05, 0.1) is 48.2 Å². The first kappa shape index (κ1) is 40.6. The number of fused-ring (bicyclic) bond motifs is 6. The fraction of sp³-hybridized carbons (Fsp3) is 0.455. The number of H-pyrrole nitrogens is 2. The van der Waals surface area contributed by atoms with E-state index in [2.05, 4.69) is 50.9 Å². The van der Waals surface area contributed by atoms with Gasteiger partial charge in [0.15, 0.2) is 0 Å². The standard InChI is InChI=1S/C44H52N8O8/c1-21(2)36(49-43(55)56)41(53)51-22(3)8-14-33(51)39-45-19-32(47-39)26-10-12-28-27(16-26)20-60-35-18-29-25(17-30(28)35)11-13-31-38(29)48-40(46-31)34-15-9-23(4)52(34)42(54)37(24(5)58-6)50-44(57)59-7/h10-13,16-19,21-24,33-34,36-37,49H,8-9,14-15,20H2,1-7H3,(H,45,47)(H,46,48)(H,50,57)(H,55,56)/t22-,23-,24+,33-,34-,36-,37-/m0/s1. The molecule has 2 aromatic heterocycles. The molecule has 8 rings (SSSR count). The SMILES string of the molecule is COC(=O)N[C@H](C(=O)N1[C@@H](C)CC[C@H]1c1nc2ccc3cc4c(cc3c2[nH]1)OCc1cc(-c2cnc([C@@H]3CC[C@H](C)N3C(=O)[C@@H](NC(=O)O)C(C)C)[nH]2)ccc1-4)[C@@H](C)OC. The summed E-state index contributed by atoms with van der Waals surface area (Å²) in [6, 6.07) is 11.9. The lowest BCUT2D eigenvalue weighted by Crippen LogP contribution is -2.55. The quantitative estimate of drug-likeness (QED) is 0.0995. The van der Waals surface area contributed by atoms with E-state index in [1.54, 1.807) is 22.9 Å². The number of methoxy groups -OCH3 is 2. The Morgan fingerprint density at radius 1 is 0.850 bits per heavy atom. The molecule has 0 unspecified atom stereocenters. The van der Waals surface area contributed by atoms with E-state index >= 15 is 0 Å². The normalized spacial score (nSPS) is 21.3. The first-order valence-electron chi connectivity index (χ1n) is 20.6. The Kier molecular flexibility index (Phi) is 10.9. The van der Waals surface area contributed by atoms with Crippen LogP contribution in [0.15, 0.2) is 48.7 Å². The van der Waals surface area contributed by atoms with Crippen molar-refractivity contribution in [2.24, 2.45) is 5.92 Å². The highest BCUT2D eigenvalue weighted by Gasteiger charge is 2.43. The maximum atomic E-state index is 14.0. The molecule has 7 atom stereocenters. The van der Waals surface area contributed by atoms with Gasteiger partial charge in [0.1, 0.15) is 36.1 Å². The summed E-state index contributed by atoms with van der Waals surface area (Å²) in [4.78, 5) is 71.7. The summed E-state index contributed by atoms with van der Waals surface area (Å²) in [7, 11) is 2.76. The van der Waals surface area contributed by atoms with Gasteiger partial charge in [-0.25, -0.2) is 19.6 Å². The fourth-order valence-electron chi connectivity index (χ4n) is 9.21. The highest BCUT2D eigenvalue weighted by Crippen LogP contribution is 2.44. The van der Waals surface area contributed by atoms with Crippen molar-refractivity contribution >= 4 is 45.8 Å². The number of aromatic amines is 2. The highest BCUT2D eigenvalue weighted by atomic mass is 16.5. The lowest BCUT2D eigenvalue weighted by Gasteiger charge is -2.33. The molecular formula is C44H52N8O8. The molecule has 0 saturated carbocycles. The number of ether oxygens (including phenoxy) is 3. The third-order valence-corrected chi connectivity index (χ3v) is 12.5. The number of amides is 4. The fourth-order valence-corrected chi connectivity index (χ4v) is 9.21. The van der Waals surface area contributed by atoms with Crippen molar-refractivity contribution in [3.63, 3.8) is 0 Å². The molecule has 3 aliphatic heterocycles. The van der Waals surface area contributed by atoms with E-state index in [4.69, 9.17) is 24.2 Å². The molecule has 60 heavy (non-hydrogen) atoms. The van der Waals surface area contributed by atoms with Gasteiger partial charge < -0.3 is 49.7 Å². The van der Waals surface area contributed by atoms with Gasteiger partial charge in [-0.3, -0.25) is 9.59 Å². The Labute approximate surface area is 347 Å². The van der Waals surface area contributed by atoms with Crippen molar-refractivity contribution in [1.82, 2.24) is 40.4 Å². The minimum Gasteiger partial charge on any atom is -0.488 e. The first-order valence-corrected chi connectivity index (χ1v) is 20.6. The number of carboxylic acid groups (broad SMARTS) is 1. The molecule has 16 heteroatoms. The van der Waals surface area contributed by atoms with E-state index < -0.39 is 30.4 Å². The smallest absolute Gasteiger partial charge is 0.407 e. The third kappa shape index (κ3) is 7.26. The van der Waals surface area contributed by atoms with Crippen molar-refractivity contribution in [2.45, 2.75) is 109 Å². The van der Waals surface area contributed by atoms with Crippen LogP contribution < -0.4 is 15.4 Å². The van der Waals surface area contributed by atoms with Crippen molar-refractivity contribution in [1.29, 1.82) is 0 Å². The number of rotatable bonds is 10. The maximum absolute atomic E-state index is 14.0. The zero-order valence-electron chi connectivity index (χ0n) is 34.9. The van der Waals surface area contributed by atoms with Crippen LogP contribution in [-0.2, 0) is 25.7 Å². The average Bonchev–Trinajstić information content (AvgIpc) is 4.06. The second-order valence-corrected chi connectivity index (χ2v) is 16.6. The van der Waals surface area contributed by atoms with Crippen molar-refractivity contribution in [3.05, 3.63) is 65.9 Å². The lowest BCUT2D eigenvalue weighted by molar-refractivity contribution is -0.139. The molecule has 5 aromatic rings. The highest BCUT2D eigenvalue weighted by molar-refractivity contribution is 6.07. The van der Waals surface area contributed by atoms with Gasteiger partial charge >= 0.3 is 12.2 Å². The summed E-state index contributed by atoms with van der Waals surface area (Å²) in [5, 5.41) is 16.4. The van der Waals surface area contributed by atoms with Gasteiger partial charge in [0.25, 0.3) is 0 Å². The molecule has 0 aliphatic carbocycles. The average molecular weight is 821 g/mol. The first-order chi connectivity index (χ1) is 28.8. The number of hydrogen-bond acceptors (Lipinski definition) is 9. The Balaban J connectivity index is 1.05. The summed E-state index contributed by atoms with van der Waals surface area (Å²) < 4.78 is 16.7. The molecule has 5 N–H and O–H groups in total. The second kappa shape index (κ2) is 16.1. The molecule has 5 heterocycles.